The van der Waals surface area contributed by atoms with Gasteiger partial charge in [-0.3, -0.25) is 0 Å². The van der Waals surface area contributed by atoms with Crippen LogP contribution in [0, 0.1) is 5.41 Å². The first-order valence-electron chi connectivity index (χ1n) is 8.35. The minimum absolute atomic E-state index is 0.161. The van der Waals surface area contributed by atoms with Crippen LogP contribution in [0.4, 0.5) is 0 Å². The third-order valence-electron chi connectivity index (χ3n) is 4.90. The standard InChI is InChI=1S/C19H29NO/c1-18(2,12-20-15-6-7-15)10-9-14-5-8-17-16(11-14)19(3,4)13-21-17/h5,8,11,15,20H,6-7,9-10,12-13H2,1-4H3. The maximum Gasteiger partial charge on any atom is 0.123 e. The van der Waals surface area contributed by atoms with Crippen molar-refractivity contribution in [1.29, 1.82) is 0 Å². The summed E-state index contributed by atoms with van der Waals surface area (Å²) in [5.74, 6) is 1.08. The molecular weight excluding hydrogens is 258 g/mol. The van der Waals surface area contributed by atoms with E-state index in [1.54, 1.807) is 0 Å². The van der Waals surface area contributed by atoms with Crippen LogP contribution in [0.2, 0.25) is 0 Å². The lowest BCUT2D eigenvalue weighted by molar-refractivity contribution is 0.291. The van der Waals surface area contributed by atoms with Gasteiger partial charge in [0, 0.05) is 23.6 Å². The summed E-state index contributed by atoms with van der Waals surface area (Å²) in [4.78, 5) is 0. The van der Waals surface area contributed by atoms with Crippen LogP contribution in [-0.2, 0) is 11.8 Å². The van der Waals surface area contributed by atoms with Gasteiger partial charge >= 0.3 is 0 Å². The molecule has 0 radical (unpaired) electrons. The summed E-state index contributed by atoms with van der Waals surface area (Å²) in [7, 11) is 0. The van der Waals surface area contributed by atoms with Crippen LogP contribution >= 0.6 is 0 Å². The van der Waals surface area contributed by atoms with Crippen molar-refractivity contribution in [3.8, 4) is 5.75 Å². The summed E-state index contributed by atoms with van der Waals surface area (Å²) in [6.45, 7) is 11.2. The van der Waals surface area contributed by atoms with E-state index in [1.807, 2.05) is 0 Å². The lowest BCUT2D eigenvalue weighted by atomic mass is 9.83. The SMILES string of the molecule is CC(C)(CCc1ccc2c(c1)C(C)(C)CO2)CNC1CC1. The van der Waals surface area contributed by atoms with Gasteiger partial charge in [-0.2, -0.15) is 0 Å². The van der Waals surface area contributed by atoms with Crippen molar-refractivity contribution in [2.45, 2.75) is 64.8 Å². The summed E-state index contributed by atoms with van der Waals surface area (Å²) in [5, 5.41) is 3.67. The normalized spacial score (nSPS) is 20.2. The van der Waals surface area contributed by atoms with E-state index in [0.717, 1.165) is 31.4 Å². The molecule has 1 aromatic carbocycles. The molecule has 2 heteroatoms. The van der Waals surface area contributed by atoms with Crippen molar-refractivity contribution in [3.63, 3.8) is 0 Å². The van der Waals surface area contributed by atoms with Crippen molar-refractivity contribution in [1.82, 2.24) is 5.32 Å². The summed E-state index contributed by atoms with van der Waals surface area (Å²) < 4.78 is 5.78. The second-order valence-electron chi connectivity index (χ2n) is 8.32. The van der Waals surface area contributed by atoms with Crippen LogP contribution in [0.1, 0.15) is 58.1 Å². The minimum atomic E-state index is 0.161. The van der Waals surface area contributed by atoms with E-state index in [1.165, 1.54) is 30.4 Å². The summed E-state index contributed by atoms with van der Waals surface area (Å²) >= 11 is 0. The maximum absolute atomic E-state index is 5.78. The Balaban J connectivity index is 1.60. The molecule has 21 heavy (non-hydrogen) atoms. The molecule has 0 amide bonds. The fraction of sp³-hybridized carbons (Fsp3) is 0.684. The van der Waals surface area contributed by atoms with Crippen LogP contribution in [-0.4, -0.2) is 19.2 Å². The first kappa shape index (κ1) is 14.9. The summed E-state index contributed by atoms with van der Waals surface area (Å²) in [6, 6.07) is 7.58. The molecule has 1 aliphatic heterocycles. The Labute approximate surface area is 129 Å². The highest BCUT2D eigenvalue weighted by molar-refractivity contribution is 5.45. The molecule has 0 bridgehead atoms. The largest absolute Gasteiger partial charge is 0.492 e. The van der Waals surface area contributed by atoms with E-state index >= 15 is 0 Å². The predicted molar refractivity (Wildman–Crippen MR) is 88.1 cm³/mol. The molecular formula is C19H29NO. The summed E-state index contributed by atoms with van der Waals surface area (Å²) in [6.07, 6.45) is 5.13. The van der Waals surface area contributed by atoms with Crippen molar-refractivity contribution >= 4 is 0 Å². The molecule has 116 valence electrons. The molecule has 1 fully saturated rings. The lowest BCUT2D eigenvalue weighted by Crippen LogP contribution is -2.31. The molecule has 0 unspecified atom stereocenters. The number of benzene rings is 1. The number of nitrogens with one attached hydrogen (secondary N) is 1. The number of ether oxygens (including phenoxy) is 1. The second-order valence-corrected chi connectivity index (χ2v) is 8.32. The van der Waals surface area contributed by atoms with Gasteiger partial charge in [-0.25, -0.2) is 0 Å². The smallest absolute Gasteiger partial charge is 0.123 e. The fourth-order valence-electron chi connectivity index (χ4n) is 3.00. The third kappa shape index (κ3) is 3.60. The molecule has 3 rings (SSSR count). The Morgan fingerprint density at radius 2 is 2.05 bits per heavy atom. The van der Waals surface area contributed by atoms with Crippen molar-refractivity contribution < 1.29 is 4.74 Å². The zero-order valence-corrected chi connectivity index (χ0v) is 14.0. The molecule has 0 atom stereocenters. The number of rotatable bonds is 6. The lowest BCUT2D eigenvalue weighted by Gasteiger charge is -2.25. The molecule has 1 saturated carbocycles. The van der Waals surface area contributed by atoms with Crippen LogP contribution in [0.3, 0.4) is 0 Å². The number of fused-ring (bicyclic) bond motifs is 1. The van der Waals surface area contributed by atoms with Crippen molar-refractivity contribution in [2.24, 2.45) is 5.41 Å². The van der Waals surface area contributed by atoms with Gasteiger partial charge in [-0.05, 0) is 42.7 Å². The van der Waals surface area contributed by atoms with Gasteiger partial charge in [0.2, 0.25) is 0 Å². The quantitative estimate of drug-likeness (QED) is 0.851. The average Bonchev–Trinajstić information content (AvgIpc) is 3.21. The Morgan fingerprint density at radius 3 is 2.76 bits per heavy atom. The van der Waals surface area contributed by atoms with Crippen LogP contribution < -0.4 is 10.1 Å². The maximum atomic E-state index is 5.78. The van der Waals surface area contributed by atoms with Crippen molar-refractivity contribution in [3.05, 3.63) is 29.3 Å². The first-order valence-corrected chi connectivity index (χ1v) is 8.35. The fourth-order valence-corrected chi connectivity index (χ4v) is 3.00. The molecule has 1 aliphatic carbocycles. The van der Waals surface area contributed by atoms with Crippen LogP contribution in [0.15, 0.2) is 18.2 Å². The molecule has 1 N–H and O–H groups in total. The average molecular weight is 287 g/mol. The minimum Gasteiger partial charge on any atom is -0.492 e. The van der Waals surface area contributed by atoms with Crippen LogP contribution in [0.25, 0.3) is 0 Å². The highest BCUT2D eigenvalue weighted by atomic mass is 16.5. The van der Waals surface area contributed by atoms with E-state index < -0.39 is 0 Å². The van der Waals surface area contributed by atoms with E-state index in [-0.39, 0.29) is 5.41 Å². The topological polar surface area (TPSA) is 21.3 Å². The van der Waals surface area contributed by atoms with E-state index in [4.69, 9.17) is 4.74 Å². The molecule has 2 nitrogen and oxygen atoms in total. The van der Waals surface area contributed by atoms with Crippen LogP contribution in [0.5, 0.6) is 5.75 Å². The number of aryl methyl sites for hydroxylation is 1. The molecule has 0 aromatic heterocycles. The Hall–Kier alpha value is -1.02. The second kappa shape index (κ2) is 5.31. The van der Waals surface area contributed by atoms with Gasteiger partial charge in [0.15, 0.2) is 0 Å². The molecule has 2 aliphatic rings. The van der Waals surface area contributed by atoms with Gasteiger partial charge in [-0.15, -0.1) is 0 Å². The molecule has 0 saturated heterocycles. The zero-order valence-electron chi connectivity index (χ0n) is 14.0. The summed E-state index contributed by atoms with van der Waals surface area (Å²) in [5.41, 5.74) is 3.36. The highest BCUT2D eigenvalue weighted by Crippen LogP contribution is 2.39. The predicted octanol–water partition coefficient (Wildman–Crippen LogP) is 4.07. The van der Waals surface area contributed by atoms with E-state index in [2.05, 4.69) is 51.2 Å². The van der Waals surface area contributed by atoms with Gasteiger partial charge in [-0.1, -0.05) is 39.8 Å². The van der Waals surface area contributed by atoms with Gasteiger partial charge in [0.1, 0.15) is 5.75 Å². The Kier molecular flexibility index (Phi) is 3.77. The zero-order chi connectivity index (χ0) is 15.1. The van der Waals surface area contributed by atoms with Crippen molar-refractivity contribution in [2.75, 3.05) is 13.2 Å². The van der Waals surface area contributed by atoms with Gasteiger partial charge < -0.3 is 10.1 Å². The van der Waals surface area contributed by atoms with E-state index in [0.29, 0.717) is 5.41 Å². The molecule has 0 spiro atoms. The number of hydrogen-bond acceptors (Lipinski definition) is 2. The van der Waals surface area contributed by atoms with E-state index in [9.17, 15) is 0 Å². The molecule has 1 aromatic rings. The highest BCUT2D eigenvalue weighted by Gasteiger charge is 2.32. The Morgan fingerprint density at radius 1 is 1.29 bits per heavy atom. The van der Waals surface area contributed by atoms with Gasteiger partial charge in [0.25, 0.3) is 0 Å². The molecule has 1 heterocycles. The monoisotopic (exact) mass is 287 g/mol. The Bertz CT molecular complexity index is 514. The van der Waals surface area contributed by atoms with Gasteiger partial charge in [0.05, 0.1) is 6.61 Å². The number of hydrogen-bond donors (Lipinski definition) is 1. The third-order valence-corrected chi connectivity index (χ3v) is 4.90. The first-order chi connectivity index (χ1) is 9.86.